The highest BCUT2D eigenvalue weighted by Gasteiger charge is 2.24. The Bertz CT molecular complexity index is 208. The number of nitrogens with one attached hydrogen (secondary N) is 1. The molecular formula is C12H25N2O+. The molecule has 1 aliphatic heterocycles. The maximum atomic E-state index is 11.5. The molecular weight excluding hydrogens is 188 g/mol. The van der Waals surface area contributed by atoms with E-state index < -0.39 is 0 Å². The van der Waals surface area contributed by atoms with Gasteiger partial charge >= 0.3 is 0 Å². The molecule has 0 aromatic heterocycles. The van der Waals surface area contributed by atoms with Gasteiger partial charge in [-0.15, -0.1) is 0 Å². The monoisotopic (exact) mass is 213 g/mol. The fraction of sp³-hybridized carbons (Fsp3) is 0.917. The number of rotatable bonds is 1. The lowest BCUT2D eigenvalue weighted by Crippen LogP contribution is -2.45. The van der Waals surface area contributed by atoms with Crippen LogP contribution in [0, 0.1) is 0 Å². The molecule has 1 amide bonds. The highest BCUT2D eigenvalue weighted by molar-refractivity contribution is 5.75. The Labute approximate surface area is 93.4 Å². The van der Waals surface area contributed by atoms with E-state index in [4.69, 9.17) is 0 Å². The second-order valence-corrected chi connectivity index (χ2v) is 5.51. The average molecular weight is 213 g/mol. The zero-order valence-electron chi connectivity index (χ0n) is 10.4. The molecule has 1 fully saturated rings. The van der Waals surface area contributed by atoms with Crippen LogP contribution in [0.4, 0.5) is 0 Å². The number of carbonyl (C=O) groups excluding carboxylic acids is 1. The predicted molar refractivity (Wildman–Crippen MR) is 62.5 cm³/mol. The van der Waals surface area contributed by atoms with E-state index in [2.05, 4.69) is 26.5 Å². The fourth-order valence-corrected chi connectivity index (χ4v) is 2.21. The van der Waals surface area contributed by atoms with Crippen molar-refractivity contribution in [3.63, 3.8) is 0 Å². The van der Waals surface area contributed by atoms with Crippen molar-refractivity contribution < 1.29 is 9.28 Å². The van der Waals surface area contributed by atoms with Crippen LogP contribution in [0.5, 0.6) is 0 Å². The van der Waals surface area contributed by atoms with Crippen LogP contribution in [-0.4, -0.2) is 44.1 Å². The summed E-state index contributed by atoms with van der Waals surface area (Å²) in [5.41, 5.74) is 0. The van der Waals surface area contributed by atoms with Gasteiger partial charge in [0.2, 0.25) is 5.91 Å². The van der Waals surface area contributed by atoms with Crippen LogP contribution >= 0.6 is 0 Å². The molecule has 0 aromatic rings. The van der Waals surface area contributed by atoms with Crippen LogP contribution in [0.3, 0.4) is 0 Å². The zero-order valence-corrected chi connectivity index (χ0v) is 10.4. The first-order chi connectivity index (χ1) is 7.00. The van der Waals surface area contributed by atoms with Gasteiger partial charge in [-0.25, -0.2) is 0 Å². The van der Waals surface area contributed by atoms with Gasteiger partial charge in [-0.3, -0.25) is 4.79 Å². The van der Waals surface area contributed by atoms with Crippen LogP contribution in [0.1, 0.15) is 38.5 Å². The number of carbonyl (C=O) groups is 1. The maximum absolute atomic E-state index is 11.5. The van der Waals surface area contributed by atoms with Crippen molar-refractivity contribution in [1.82, 2.24) is 5.32 Å². The minimum atomic E-state index is 0.232. The molecule has 1 N–H and O–H groups in total. The zero-order chi connectivity index (χ0) is 11.3. The molecule has 1 heterocycles. The predicted octanol–water partition coefficient (Wildman–Crippen LogP) is 1.53. The summed E-state index contributed by atoms with van der Waals surface area (Å²) in [7, 11) is 6.69. The SMILES string of the molecule is C[N+](C)(C)[C@@H]1CCCCCNC(=O)CC1. The van der Waals surface area contributed by atoms with E-state index >= 15 is 0 Å². The van der Waals surface area contributed by atoms with Crippen molar-refractivity contribution in [3.05, 3.63) is 0 Å². The van der Waals surface area contributed by atoms with Crippen molar-refractivity contribution in [2.24, 2.45) is 0 Å². The molecule has 0 unspecified atom stereocenters. The van der Waals surface area contributed by atoms with Gasteiger partial charge in [0.15, 0.2) is 0 Å². The average Bonchev–Trinajstić information content (AvgIpc) is 2.14. The van der Waals surface area contributed by atoms with Crippen LogP contribution in [0.25, 0.3) is 0 Å². The van der Waals surface area contributed by atoms with Crippen molar-refractivity contribution in [2.75, 3.05) is 27.7 Å². The summed E-state index contributed by atoms with van der Waals surface area (Å²) in [5, 5.41) is 2.98. The van der Waals surface area contributed by atoms with Crippen molar-refractivity contribution in [1.29, 1.82) is 0 Å². The minimum Gasteiger partial charge on any atom is -0.356 e. The first kappa shape index (κ1) is 12.5. The number of nitrogens with zero attached hydrogens (tertiary/aromatic N) is 1. The topological polar surface area (TPSA) is 29.1 Å². The standard InChI is InChI=1S/C12H24N2O/c1-14(2,3)11-7-5-4-6-10-13-12(15)9-8-11/h11H,4-10H2,1-3H3/p+1/t11-/m1/s1. The van der Waals surface area contributed by atoms with Gasteiger partial charge in [-0.2, -0.15) is 0 Å². The summed E-state index contributed by atoms with van der Waals surface area (Å²) in [5.74, 6) is 0.232. The molecule has 0 bridgehead atoms. The third kappa shape index (κ3) is 4.65. The molecule has 0 spiro atoms. The Kier molecular flexibility index (Phi) is 4.58. The van der Waals surface area contributed by atoms with Gasteiger partial charge in [0, 0.05) is 19.4 Å². The van der Waals surface area contributed by atoms with Gasteiger partial charge in [0.1, 0.15) is 0 Å². The first-order valence-corrected chi connectivity index (χ1v) is 6.08. The molecule has 0 radical (unpaired) electrons. The van der Waals surface area contributed by atoms with Gasteiger partial charge in [-0.05, 0) is 19.3 Å². The van der Waals surface area contributed by atoms with Crippen LogP contribution in [0.2, 0.25) is 0 Å². The summed E-state index contributed by atoms with van der Waals surface area (Å²) in [4.78, 5) is 11.5. The highest BCUT2D eigenvalue weighted by Crippen LogP contribution is 2.18. The van der Waals surface area contributed by atoms with E-state index in [1.165, 1.54) is 19.3 Å². The number of hydrogen-bond acceptors (Lipinski definition) is 1. The smallest absolute Gasteiger partial charge is 0.220 e. The summed E-state index contributed by atoms with van der Waals surface area (Å²) in [6, 6.07) is 0.633. The summed E-state index contributed by atoms with van der Waals surface area (Å²) in [6.45, 7) is 0.869. The van der Waals surface area contributed by atoms with Crippen LogP contribution < -0.4 is 5.32 Å². The lowest BCUT2D eigenvalue weighted by Gasteiger charge is -2.34. The molecule has 0 saturated carbocycles. The molecule has 0 aromatic carbocycles. The Hall–Kier alpha value is -0.570. The fourth-order valence-electron chi connectivity index (χ4n) is 2.21. The van der Waals surface area contributed by atoms with E-state index in [-0.39, 0.29) is 5.91 Å². The van der Waals surface area contributed by atoms with E-state index in [9.17, 15) is 4.79 Å². The molecule has 1 saturated heterocycles. The van der Waals surface area contributed by atoms with Crippen molar-refractivity contribution in [2.45, 2.75) is 44.6 Å². The van der Waals surface area contributed by atoms with Gasteiger partial charge in [-0.1, -0.05) is 6.42 Å². The summed E-state index contributed by atoms with van der Waals surface area (Å²) >= 11 is 0. The lowest BCUT2D eigenvalue weighted by molar-refractivity contribution is -0.896. The Morgan fingerprint density at radius 2 is 1.87 bits per heavy atom. The Morgan fingerprint density at radius 3 is 2.53 bits per heavy atom. The van der Waals surface area contributed by atoms with Crippen molar-refractivity contribution >= 4 is 5.91 Å². The first-order valence-electron chi connectivity index (χ1n) is 6.08. The summed E-state index contributed by atoms with van der Waals surface area (Å²) in [6.07, 6.45) is 6.66. The molecule has 3 heteroatoms. The lowest BCUT2D eigenvalue weighted by atomic mass is 10.00. The Morgan fingerprint density at radius 1 is 1.13 bits per heavy atom. The van der Waals surface area contributed by atoms with E-state index in [1.54, 1.807) is 0 Å². The van der Waals surface area contributed by atoms with Gasteiger partial charge in [0.05, 0.1) is 27.2 Å². The number of amides is 1. The Balaban J connectivity index is 2.51. The second-order valence-electron chi connectivity index (χ2n) is 5.51. The molecule has 15 heavy (non-hydrogen) atoms. The van der Waals surface area contributed by atoms with Gasteiger partial charge < -0.3 is 9.80 Å². The third-order valence-corrected chi connectivity index (χ3v) is 3.34. The number of quaternary nitrogens is 1. The summed E-state index contributed by atoms with van der Waals surface area (Å²) < 4.78 is 0.979. The van der Waals surface area contributed by atoms with E-state index in [0.717, 1.165) is 23.9 Å². The molecule has 1 rings (SSSR count). The molecule has 1 aliphatic rings. The van der Waals surface area contributed by atoms with Crippen molar-refractivity contribution in [3.8, 4) is 0 Å². The normalized spacial score (nSPS) is 25.8. The molecule has 3 nitrogen and oxygen atoms in total. The molecule has 1 atom stereocenters. The largest absolute Gasteiger partial charge is 0.356 e. The van der Waals surface area contributed by atoms with E-state index in [1.807, 2.05) is 0 Å². The quantitative estimate of drug-likeness (QED) is 0.658. The number of hydrogen-bond donors (Lipinski definition) is 1. The third-order valence-electron chi connectivity index (χ3n) is 3.34. The maximum Gasteiger partial charge on any atom is 0.220 e. The van der Waals surface area contributed by atoms with Crippen LogP contribution in [-0.2, 0) is 4.79 Å². The highest BCUT2D eigenvalue weighted by atomic mass is 16.1. The molecule has 88 valence electrons. The molecule has 0 aliphatic carbocycles. The van der Waals surface area contributed by atoms with Crippen LogP contribution in [0.15, 0.2) is 0 Å². The second kappa shape index (κ2) is 5.50. The van der Waals surface area contributed by atoms with E-state index in [0.29, 0.717) is 12.5 Å². The van der Waals surface area contributed by atoms with Gasteiger partial charge in [0.25, 0.3) is 0 Å². The minimum absolute atomic E-state index is 0.232.